The quantitative estimate of drug-likeness (QED) is 0.937. The zero-order chi connectivity index (χ0) is 15.0. The summed E-state index contributed by atoms with van der Waals surface area (Å²) in [5.74, 6) is 0.640. The second-order valence-electron chi connectivity index (χ2n) is 5.58. The van der Waals surface area contributed by atoms with Crippen LogP contribution in [-0.4, -0.2) is 21.7 Å². The normalized spacial score (nSPS) is 15.1. The van der Waals surface area contributed by atoms with E-state index >= 15 is 0 Å². The Balaban J connectivity index is 1.87. The molecule has 0 saturated carbocycles. The van der Waals surface area contributed by atoms with Crippen LogP contribution in [0.25, 0.3) is 0 Å². The summed E-state index contributed by atoms with van der Waals surface area (Å²) in [6.07, 6.45) is 2.09. The van der Waals surface area contributed by atoms with E-state index in [9.17, 15) is 4.79 Å². The molecule has 0 fully saturated rings. The van der Waals surface area contributed by atoms with Crippen molar-refractivity contribution in [3.63, 3.8) is 0 Å². The van der Waals surface area contributed by atoms with Crippen molar-refractivity contribution in [3.05, 3.63) is 47.7 Å². The summed E-state index contributed by atoms with van der Waals surface area (Å²) in [6, 6.07) is 8.72. The molecule has 0 amide bonds. The molecule has 0 unspecified atom stereocenters. The first-order valence-electron chi connectivity index (χ1n) is 6.63. The molecular weight excluding hydrogens is 270 g/mol. The van der Waals surface area contributed by atoms with Gasteiger partial charge in [-0.25, -0.2) is 9.78 Å². The lowest BCUT2D eigenvalue weighted by molar-refractivity contribution is 0.0696. The number of carbonyl (C=O) groups is 1. The van der Waals surface area contributed by atoms with Crippen LogP contribution >= 0.6 is 0 Å². The van der Waals surface area contributed by atoms with Gasteiger partial charge in [0, 0.05) is 24.2 Å². The van der Waals surface area contributed by atoms with Gasteiger partial charge in [-0.3, -0.25) is 0 Å². The number of ether oxygens (including phenoxy) is 2. The van der Waals surface area contributed by atoms with Crippen molar-refractivity contribution in [2.24, 2.45) is 0 Å². The fraction of sp³-hybridized carbons (Fsp3) is 0.250. The van der Waals surface area contributed by atoms with Gasteiger partial charge in [0.2, 0.25) is 5.88 Å². The van der Waals surface area contributed by atoms with Gasteiger partial charge < -0.3 is 14.6 Å². The number of aromatic carboxylic acids is 1. The molecule has 1 aromatic heterocycles. The van der Waals surface area contributed by atoms with Gasteiger partial charge in [-0.2, -0.15) is 0 Å². The van der Waals surface area contributed by atoms with Gasteiger partial charge in [-0.15, -0.1) is 0 Å². The number of aromatic nitrogens is 1. The summed E-state index contributed by atoms with van der Waals surface area (Å²) >= 11 is 0. The van der Waals surface area contributed by atoms with Gasteiger partial charge >= 0.3 is 5.97 Å². The highest BCUT2D eigenvalue weighted by Gasteiger charge is 2.32. The summed E-state index contributed by atoms with van der Waals surface area (Å²) in [5, 5.41) is 8.85. The minimum atomic E-state index is -1.01. The number of para-hydroxylation sites is 1. The van der Waals surface area contributed by atoms with E-state index in [1.807, 2.05) is 32.0 Å². The molecule has 1 aliphatic rings. The first-order chi connectivity index (χ1) is 9.94. The van der Waals surface area contributed by atoms with Crippen LogP contribution in [0.15, 0.2) is 36.5 Å². The average Bonchev–Trinajstić information content (AvgIpc) is 2.74. The Morgan fingerprint density at radius 2 is 2.14 bits per heavy atom. The monoisotopic (exact) mass is 285 g/mol. The van der Waals surface area contributed by atoms with Crippen LogP contribution in [0.1, 0.15) is 29.8 Å². The first kappa shape index (κ1) is 13.4. The highest BCUT2D eigenvalue weighted by molar-refractivity contribution is 5.87. The van der Waals surface area contributed by atoms with Gasteiger partial charge in [0.1, 0.15) is 5.60 Å². The maximum Gasteiger partial charge on any atom is 0.337 e. The van der Waals surface area contributed by atoms with Crippen molar-refractivity contribution in [3.8, 4) is 17.4 Å². The predicted molar refractivity (Wildman–Crippen MR) is 76.1 cm³/mol. The van der Waals surface area contributed by atoms with Crippen LogP contribution in [0.4, 0.5) is 0 Å². The van der Waals surface area contributed by atoms with E-state index in [0.717, 1.165) is 17.7 Å². The number of hydrogen-bond donors (Lipinski definition) is 1. The summed E-state index contributed by atoms with van der Waals surface area (Å²) in [7, 11) is 0. The van der Waals surface area contributed by atoms with Gasteiger partial charge in [0.05, 0.1) is 5.56 Å². The molecule has 0 atom stereocenters. The number of carboxylic acid groups (broad SMARTS) is 1. The minimum absolute atomic E-state index is 0.123. The van der Waals surface area contributed by atoms with Gasteiger partial charge in [-0.05, 0) is 26.0 Å². The van der Waals surface area contributed by atoms with Crippen LogP contribution in [0.2, 0.25) is 0 Å². The smallest absolute Gasteiger partial charge is 0.337 e. The van der Waals surface area contributed by atoms with Crippen molar-refractivity contribution in [1.29, 1.82) is 0 Å². The summed E-state index contributed by atoms with van der Waals surface area (Å²) in [4.78, 5) is 14.8. The fourth-order valence-corrected chi connectivity index (χ4v) is 2.35. The second kappa shape index (κ2) is 4.77. The maximum atomic E-state index is 10.8. The number of pyridine rings is 1. The lowest BCUT2D eigenvalue weighted by Crippen LogP contribution is -2.24. The van der Waals surface area contributed by atoms with Gasteiger partial charge in [0.25, 0.3) is 0 Å². The average molecular weight is 285 g/mol. The van der Waals surface area contributed by atoms with Gasteiger partial charge in [-0.1, -0.05) is 12.1 Å². The van der Waals surface area contributed by atoms with Crippen LogP contribution in [0.5, 0.6) is 17.4 Å². The van der Waals surface area contributed by atoms with Crippen LogP contribution in [0, 0.1) is 0 Å². The van der Waals surface area contributed by atoms with Crippen molar-refractivity contribution < 1.29 is 19.4 Å². The van der Waals surface area contributed by atoms with E-state index in [1.165, 1.54) is 18.3 Å². The third-order valence-corrected chi connectivity index (χ3v) is 3.25. The zero-order valence-corrected chi connectivity index (χ0v) is 11.8. The SMILES string of the molecule is CC1(C)Cc2cccc(Oc3ccc(C(=O)O)cn3)c2O1. The van der Waals surface area contributed by atoms with Crippen molar-refractivity contribution >= 4 is 5.97 Å². The standard InChI is InChI=1S/C16H15NO4/c1-16(2)8-10-4-3-5-12(14(10)21-16)20-13-7-6-11(9-17-13)15(18)19/h3-7,9H,8H2,1-2H3,(H,18,19). The molecular formula is C16H15NO4. The van der Waals surface area contributed by atoms with E-state index in [-0.39, 0.29) is 11.2 Å². The number of carboxylic acids is 1. The molecule has 1 aromatic carbocycles. The molecule has 1 aliphatic heterocycles. The van der Waals surface area contributed by atoms with E-state index in [2.05, 4.69) is 4.98 Å². The molecule has 21 heavy (non-hydrogen) atoms. The lowest BCUT2D eigenvalue weighted by Gasteiger charge is -2.18. The summed E-state index contributed by atoms with van der Waals surface area (Å²) in [5.41, 5.74) is 0.972. The molecule has 2 aromatic rings. The van der Waals surface area contributed by atoms with Crippen LogP contribution < -0.4 is 9.47 Å². The molecule has 0 bridgehead atoms. The molecule has 0 radical (unpaired) electrons. The topological polar surface area (TPSA) is 68.7 Å². The Kier molecular flexibility index (Phi) is 3.05. The van der Waals surface area contributed by atoms with E-state index < -0.39 is 5.97 Å². The van der Waals surface area contributed by atoms with E-state index in [1.54, 1.807) is 0 Å². The summed E-state index contributed by atoms with van der Waals surface area (Å²) < 4.78 is 11.6. The Hall–Kier alpha value is -2.56. The largest absolute Gasteiger partial charge is 0.483 e. The first-order valence-corrected chi connectivity index (χ1v) is 6.63. The molecule has 0 spiro atoms. The molecule has 0 saturated heterocycles. The molecule has 3 rings (SSSR count). The van der Waals surface area contributed by atoms with E-state index in [4.69, 9.17) is 14.6 Å². The zero-order valence-electron chi connectivity index (χ0n) is 11.8. The van der Waals surface area contributed by atoms with E-state index in [0.29, 0.717) is 11.6 Å². The summed E-state index contributed by atoms with van der Waals surface area (Å²) in [6.45, 7) is 4.05. The highest BCUT2D eigenvalue weighted by Crippen LogP contribution is 2.42. The Morgan fingerprint density at radius 3 is 2.81 bits per heavy atom. The third-order valence-electron chi connectivity index (χ3n) is 3.25. The predicted octanol–water partition coefficient (Wildman–Crippen LogP) is 3.29. The van der Waals surface area contributed by atoms with Crippen molar-refractivity contribution in [2.75, 3.05) is 0 Å². The number of hydrogen-bond acceptors (Lipinski definition) is 4. The molecule has 5 nitrogen and oxygen atoms in total. The molecule has 108 valence electrons. The van der Waals surface area contributed by atoms with Gasteiger partial charge in [0.15, 0.2) is 11.5 Å². The number of benzene rings is 1. The fourth-order valence-electron chi connectivity index (χ4n) is 2.35. The lowest BCUT2D eigenvalue weighted by atomic mass is 10.0. The number of nitrogens with zero attached hydrogens (tertiary/aromatic N) is 1. The molecule has 2 heterocycles. The maximum absolute atomic E-state index is 10.8. The highest BCUT2D eigenvalue weighted by atomic mass is 16.5. The van der Waals surface area contributed by atoms with Crippen LogP contribution in [-0.2, 0) is 6.42 Å². The second-order valence-corrected chi connectivity index (χ2v) is 5.58. The van der Waals surface area contributed by atoms with Crippen molar-refractivity contribution in [1.82, 2.24) is 4.98 Å². The molecule has 0 aliphatic carbocycles. The Labute approximate surface area is 122 Å². The van der Waals surface area contributed by atoms with Crippen molar-refractivity contribution in [2.45, 2.75) is 25.9 Å². The number of fused-ring (bicyclic) bond motifs is 1. The molecule has 1 N–H and O–H groups in total. The third kappa shape index (κ3) is 2.67. The Bertz CT molecular complexity index is 692. The number of rotatable bonds is 3. The Morgan fingerprint density at radius 1 is 1.33 bits per heavy atom. The van der Waals surface area contributed by atoms with Crippen LogP contribution in [0.3, 0.4) is 0 Å². The molecule has 5 heteroatoms. The minimum Gasteiger partial charge on any atom is -0.483 e.